The van der Waals surface area contributed by atoms with E-state index in [1.165, 1.54) is 5.56 Å². The summed E-state index contributed by atoms with van der Waals surface area (Å²) in [4.78, 5) is 0. The van der Waals surface area contributed by atoms with Crippen LogP contribution in [0.25, 0.3) is 0 Å². The molecule has 2 heterocycles. The van der Waals surface area contributed by atoms with E-state index in [-0.39, 0.29) is 6.61 Å². The monoisotopic (exact) mass is 263 g/mol. The summed E-state index contributed by atoms with van der Waals surface area (Å²) in [5.41, 5.74) is 3.37. The summed E-state index contributed by atoms with van der Waals surface area (Å²) in [6.07, 6.45) is 3.74. The third-order valence-corrected chi connectivity index (χ3v) is 3.22. The number of aliphatic hydroxyl groups excluding tert-OH is 1. The average Bonchev–Trinajstić information content (AvgIpc) is 2.98. The topological polar surface area (TPSA) is 67.9 Å². The number of aryl methyl sites for hydroxylation is 1. The van der Waals surface area contributed by atoms with Crippen molar-refractivity contribution in [1.29, 1.82) is 0 Å². The number of aromatic nitrogens is 4. The molecule has 0 aromatic carbocycles. The van der Waals surface area contributed by atoms with Crippen molar-refractivity contribution < 1.29 is 5.11 Å². The van der Waals surface area contributed by atoms with Crippen LogP contribution in [0.15, 0.2) is 18.5 Å². The zero-order chi connectivity index (χ0) is 13.7. The number of nitrogens with zero attached hydrogens (tertiary/aromatic N) is 4. The first kappa shape index (κ1) is 13.8. The fourth-order valence-corrected chi connectivity index (χ4v) is 2.14. The van der Waals surface area contributed by atoms with Gasteiger partial charge in [0.2, 0.25) is 0 Å². The zero-order valence-corrected chi connectivity index (χ0v) is 11.5. The second-order valence-electron chi connectivity index (χ2n) is 4.54. The maximum Gasteiger partial charge on any atom is 0.0644 e. The molecule has 0 unspecified atom stereocenters. The summed E-state index contributed by atoms with van der Waals surface area (Å²) in [6, 6.07) is 1.92. The van der Waals surface area contributed by atoms with E-state index in [2.05, 4.69) is 15.5 Å². The molecule has 0 aliphatic heterocycles. The molecular weight excluding hydrogens is 242 g/mol. The van der Waals surface area contributed by atoms with Crippen molar-refractivity contribution in [2.45, 2.75) is 33.5 Å². The van der Waals surface area contributed by atoms with Crippen LogP contribution in [0.5, 0.6) is 0 Å². The lowest BCUT2D eigenvalue weighted by Crippen LogP contribution is -2.20. The Morgan fingerprint density at radius 1 is 1.32 bits per heavy atom. The normalized spacial score (nSPS) is 11.1. The van der Waals surface area contributed by atoms with Crippen LogP contribution in [0, 0.1) is 13.8 Å². The molecule has 6 nitrogen and oxygen atoms in total. The molecule has 2 N–H and O–H groups in total. The molecule has 2 aromatic heterocycles. The molecule has 0 radical (unpaired) electrons. The lowest BCUT2D eigenvalue weighted by atomic mass is 10.2. The fourth-order valence-electron chi connectivity index (χ4n) is 2.14. The summed E-state index contributed by atoms with van der Waals surface area (Å²) >= 11 is 0. The molecule has 104 valence electrons. The minimum atomic E-state index is 0.119. The van der Waals surface area contributed by atoms with Gasteiger partial charge >= 0.3 is 0 Å². The standard InChI is InChI=1S/C13H21N5O/c1-11-13(12(2)18(16-11)8-9-19)10-14-5-7-17-6-3-4-15-17/h3-4,6,14,19H,5,7-10H2,1-2H3. The van der Waals surface area contributed by atoms with Crippen LogP contribution >= 0.6 is 0 Å². The lowest BCUT2D eigenvalue weighted by Gasteiger charge is -2.06. The van der Waals surface area contributed by atoms with Crippen molar-refractivity contribution in [3.8, 4) is 0 Å². The summed E-state index contributed by atoms with van der Waals surface area (Å²) in [5, 5.41) is 21.0. The molecule has 0 saturated carbocycles. The Labute approximate surface area is 113 Å². The maximum absolute atomic E-state index is 8.98. The van der Waals surface area contributed by atoms with Crippen LogP contribution in [0.4, 0.5) is 0 Å². The van der Waals surface area contributed by atoms with E-state index in [0.717, 1.165) is 31.0 Å². The van der Waals surface area contributed by atoms with E-state index < -0.39 is 0 Å². The Kier molecular flexibility index (Phi) is 4.70. The van der Waals surface area contributed by atoms with Gasteiger partial charge in [-0.1, -0.05) is 0 Å². The molecule has 0 atom stereocenters. The lowest BCUT2D eigenvalue weighted by molar-refractivity contribution is 0.267. The second-order valence-corrected chi connectivity index (χ2v) is 4.54. The Morgan fingerprint density at radius 2 is 2.16 bits per heavy atom. The van der Waals surface area contributed by atoms with Gasteiger partial charge in [0, 0.05) is 36.7 Å². The smallest absolute Gasteiger partial charge is 0.0644 e. The van der Waals surface area contributed by atoms with Gasteiger partial charge in [-0.25, -0.2) is 0 Å². The molecule has 19 heavy (non-hydrogen) atoms. The van der Waals surface area contributed by atoms with E-state index in [9.17, 15) is 0 Å². The Balaban J connectivity index is 1.85. The Morgan fingerprint density at radius 3 is 2.84 bits per heavy atom. The molecule has 0 aliphatic rings. The predicted molar refractivity (Wildman–Crippen MR) is 72.7 cm³/mol. The minimum Gasteiger partial charge on any atom is -0.394 e. The molecule has 0 fully saturated rings. The van der Waals surface area contributed by atoms with Crippen LogP contribution in [0.3, 0.4) is 0 Å². The van der Waals surface area contributed by atoms with Crippen molar-refractivity contribution in [2.75, 3.05) is 13.2 Å². The number of aliphatic hydroxyl groups is 1. The first-order chi connectivity index (χ1) is 9.22. The average molecular weight is 263 g/mol. The van der Waals surface area contributed by atoms with Crippen molar-refractivity contribution in [1.82, 2.24) is 24.9 Å². The maximum atomic E-state index is 8.98. The molecule has 0 amide bonds. The van der Waals surface area contributed by atoms with Gasteiger partial charge in [-0.2, -0.15) is 10.2 Å². The summed E-state index contributed by atoms with van der Waals surface area (Å²) < 4.78 is 3.77. The summed E-state index contributed by atoms with van der Waals surface area (Å²) in [7, 11) is 0. The molecule has 0 spiro atoms. The SMILES string of the molecule is Cc1nn(CCO)c(C)c1CNCCn1cccn1. The van der Waals surface area contributed by atoms with Gasteiger partial charge in [-0.15, -0.1) is 0 Å². The summed E-state index contributed by atoms with van der Waals surface area (Å²) in [5.74, 6) is 0. The van der Waals surface area contributed by atoms with Crippen LogP contribution in [-0.2, 0) is 19.6 Å². The van der Waals surface area contributed by atoms with Crippen LogP contribution in [0.1, 0.15) is 17.0 Å². The van der Waals surface area contributed by atoms with E-state index in [1.807, 2.05) is 35.5 Å². The molecule has 2 rings (SSSR count). The zero-order valence-electron chi connectivity index (χ0n) is 11.5. The van der Waals surface area contributed by atoms with Gasteiger partial charge in [-0.3, -0.25) is 9.36 Å². The third kappa shape index (κ3) is 3.42. The van der Waals surface area contributed by atoms with Crippen molar-refractivity contribution in [2.24, 2.45) is 0 Å². The van der Waals surface area contributed by atoms with E-state index in [1.54, 1.807) is 6.20 Å². The number of hydrogen-bond acceptors (Lipinski definition) is 4. The van der Waals surface area contributed by atoms with Gasteiger partial charge in [0.05, 0.1) is 25.4 Å². The van der Waals surface area contributed by atoms with E-state index >= 15 is 0 Å². The van der Waals surface area contributed by atoms with Gasteiger partial charge in [0.15, 0.2) is 0 Å². The highest BCUT2D eigenvalue weighted by Gasteiger charge is 2.10. The van der Waals surface area contributed by atoms with Crippen molar-refractivity contribution >= 4 is 0 Å². The fraction of sp³-hybridized carbons (Fsp3) is 0.538. The molecule has 0 bridgehead atoms. The Bertz CT molecular complexity index is 503. The van der Waals surface area contributed by atoms with Crippen molar-refractivity contribution in [3.05, 3.63) is 35.4 Å². The highest BCUT2D eigenvalue weighted by Crippen LogP contribution is 2.12. The Hall–Kier alpha value is -1.66. The van der Waals surface area contributed by atoms with E-state index in [0.29, 0.717) is 6.54 Å². The molecule has 0 aliphatic carbocycles. The molecule has 0 saturated heterocycles. The number of rotatable bonds is 7. The van der Waals surface area contributed by atoms with Gasteiger partial charge in [0.1, 0.15) is 0 Å². The van der Waals surface area contributed by atoms with Crippen molar-refractivity contribution in [3.63, 3.8) is 0 Å². The highest BCUT2D eigenvalue weighted by atomic mass is 16.3. The molecule has 2 aromatic rings. The molecular formula is C13H21N5O. The van der Waals surface area contributed by atoms with Crippen LogP contribution in [0.2, 0.25) is 0 Å². The van der Waals surface area contributed by atoms with Crippen LogP contribution in [-0.4, -0.2) is 37.8 Å². The predicted octanol–water partition coefficient (Wildman–Crippen LogP) is 0.479. The second kappa shape index (κ2) is 6.49. The quantitative estimate of drug-likeness (QED) is 0.713. The summed E-state index contributed by atoms with van der Waals surface area (Å²) in [6.45, 7) is 7.24. The van der Waals surface area contributed by atoms with Crippen LogP contribution < -0.4 is 5.32 Å². The highest BCUT2D eigenvalue weighted by molar-refractivity contribution is 5.24. The first-order valence-electron chi connectivity index (χ1n) is 6.54. The molecule has 6 heteroatoms. The van der Waals surface area contributed by atoms with Gasteiger partial charge < -0.3 is 10.4 Å². The largest absolute Gasteiger partial charge is 0.394 e. The number of nitrogens with one attached hydrogen (secondary N) is 1. The third-order valence-electron chi connectivity index (χ3n) is 3.22. The van der Waals surface area contributed by atoms with Gasteiger partial charge in [-0.05, 0) is 19.9 Å². The number of hydrogen-bond donors (Lipinski definition) is 2. The first-order valence-corrected chi connectivity index (χ1v) is 6.54. The minimum absolute atomic E-state index is 0.119. The van der Waals surface area contributed by atoms with Gasteiger partial charge in [0.25, 0.3) is 0 Å². The van der Waals surface area contributed by atoms with E-state index in [4.69, 9.17) is 5.11 Å².